The first-order valence-corrected chi connectivity index (χ1v) is 3.54. The maximum Gasteiger partial charge on any atom is 0.320 e. The van der Waals surface area contributed by atoms with Crippen LogP contribution in [0.15, 0.2) is 0 Å². The van der Waals surface area contributed by atoms with Crippen molar-refractivity contribution in [3.05, 3.63) is 0 Å². The zero-order valence-electron chi connectivity index (χ0n) is 6.89. The fourth-order valence-electron chi connectivity index (χ4n) is 0.539. The van der Waals surface area contributed by atoms with Gasteiger partial charge in [0.05, 0.1) is 13.2 Å². The maximum atomic E-state index is 10.7. The second-order valence-electron chi connectivity index (χ2n) is 2.14. The van der Waals surface area contributed by atoms with Crippen LogP contribution in [0, 0.1) is 0 Å². The van der Waals surface area contributed by atoms with Crippen LogP contribution in [0.2, 0.25) is 0 Å². The molecule has 0 amide bonds. The highest BCUT2D eigenvalue weighted by atomic mass is 16.5. The van der Waals surface area contributed by atoms with Crippen molar-refractivity contribution in [1.29, 1.82) is 0 Å². The Hall–Kier alpha value is -0.570. The first kappa shape index (κ1) is 9.43. The molecule has 0 aliphatic carbocycles. The smallest absolute Gasteiger partial charge is 0.320 e. The molecular weight excluding hydrogens is 130 g/mol. The molecule has 60 valence electrons. The minimum Gasteiger partial charge on any atom is -0.465 e. The third-order valence-corrected chi connectivity index (χ3v) is 1.24. The molecule has 3 heteroatoms. The summed E-state index contributed by atoms with van der Waals surface area (Å²) in [6.45, 7) is 5.54. The number of nitrogens with zero attached hydrogens (tertiary/aromatic N) is 1. The van der Waals surface area contributed by atoms with Crippen LogP contribution in [0.3, 0.4) is 0 Å². The maximum absolute atomic E-state index is 10.7. The molecular formula is C7H15NO2. The summed E-state index contributed by atoms with van der Waals surface area (Å²) in [6.07, 6.45) is 0. The van der Waals surface area contributed by atoms with E-state index in [0.717, 1.165) is 6.54 Å². The highest BCUT2D eigenvalue weighted by Crippen LogP contribution is 1.83. The number of esters is 1. The lowest BCUT2D eigenvalue weighted by atomic mass is 10.5. The van der Waals surface area contributed by atoms with Crippen molar-refractivity contribution in [2.24, 2.45) is 0 Å². The lowest BCUT2D eigenvalue weighted by molar-refractivity contribution is -0.144. The molecule has 0 N–H and O–H groups in total. The SMILES string of the molecule is CCOC(=O)CN(C)CC. The van der Waals surface area contributed by atoms with Crippen LogP contribution in [0.5, 0.6) is 0 Å². The van der Waals surface area contributed by atoms with Crippen LogP contribution in [0.4, 0.5) is 0 Å². The molecule has 0 radical (unpaired) electrons. The molecule has 0 fully saturated rings. The Bertz CT molecular complexity index is 104. The first-order valence-electron chi connectivity index (χ1n) is 3.54. The lowest BCUT2D eigenvalue weighted by Gasteiger charge is -2.11. The van der Waals surface area contributed by atoms with Crippen molar-refractivity contribution in [1.82, 2.24) is 4.90 Å². The molecule has 0 unspecified atom stereocenters. The van der Waals surface area contributed by atoms with E-state index in [1.165, 1.54) is 0 Å². The van der Waals surface area contributed by atoms with Crippen molar-refractivity contribution in [2.75, 3.05) is 26.7 Å². The molecule has 0 aromatic carbocycles. The van der Waals surface area contributed by atoms with Gasteiger partial charge in [0.15, 0.2) is 0 Å². The molecule has 3 nitrogen and oxygen atoms in total. The third kappa shape index (κ3) is 4.32. The van der Waals surface area contributed by atoms with Crippen LogP contribution in [0.25, 0.3) is 0 Å². The Labute approximate surface area is 62.0 Å². The summed E-state index contributed by atoms with van der Waals surface area (Å²) in [5.41, 5.74) is 0. The summed E-state index contributed by atoms with van der Waals surface area (Å²) in [7, 11) is 1.89. The molecule has 10 heavy (non-hydrogen) atoms. The van der Waals surface area contributed by atoms with Crippen LogP contribution in [-0.2, 0) is 9.53 Å². The van der Waals surface area contributed by atoms with Gasteiger partial charge in [-0.15, -0.1) is 0 Å². The Balaban J connectivity index is 3.37. The van der Waals surface area contributed by atoms with Crippen molar-refractivity contribution < 1.29 is 9.53 Å². The molecule has 0 aliphatic heterocycles. The number of carbonyl (C=O) groups excluding carboxylic acids is 1. The van der Waals surface area contributed by atoms with E-state index in [1.54, 1.807) is 0 Å². The van der Waals surface area contributed by atoms with Gasteiger partial charge in [0.1, 0.15) is 0 Å². The average Bonchev–Trinajstić information content (AvgIpc) is 1.88. The van der Waals surface area contributed by atoms with E-state index < -0.39 is 0 Å². The summed E-state index contributed by atoms with van der Waals surface area (Å²) in [5, 5.41) is 0. The minimum absolute atomic E-state index is 0.146. The molecule has 0 atom stereocenters. The number of rotatable bonds is 4. The van der Waals surface area contributed by atoms with E-state index in [2.05, 4.69) is 0 Å². The average molecular weight is 145 g/mol. The fourth-order valence-corrected chi connectivity index (χ4v) is 0.539. The topological polar surface area (TPSA) is 29.5 Å². The highest BCUT2D eigenvalue weighted by Gasteiger charge is 2.03. The number of carbonyl (C=O) groups is 1. The Morgan fingerprint density at radius 2 is 2.10 bits per heavy atom. The quantitative estimate of drug-likeness (QED) is 0.539. The molecule has 0 rings (SSSR count). The van der Waals surface area contributed by atoms with Gasteiger partial charge < -0.3 is 4.74 Å². The molecule has 0 saturated heterocycles. The first-order chi connectivity index (χ1) is 4.70. The predicted octanol–water partition coefficient (Wildman–Crippen LogP) is 0.501. The molecule has 0 spiro atoms. The van der Waals surface area contributed by atoms with E-state index in [-0.39, 0.29) is 5.97 Å². The molecule has 0 aliphatic rings. The monoisotopic (exact) mass is 145 g/mol. The van der Waals surface area contributed by atoms with Gasteiger partial charge in [-0.2, -0.15) is 0 Å². The van der Waals surface area contributed by atoms with Crippen molar-refractivity contribution in [2.45, 2.75) is 13.8 Å². The lowest BCUT2D eigenvalue weighted by Crippen LogP contribution is -2.26. The van der Waals surface area contributed by atoms with Gasteiger partial charge >= 0.3 is 5.97 Å². The van der Waals surface area contributed by atoms with Crippen molar-refractivity contribution in [3.8, 4) is 0 Å². The van der Waals surface area contributed by atoms with Gasteiger partial charge in [0.2, 0.25) is 0 Å². The van der Waals surface area contributed by atoms with E-state index in [1.807, 2.05) is 25.8 Å². The summed E-state index contributed by atoms with van der Waals surface area (Å²) < 4.78 is 4.73. The molecule has 0 saturated carbocycles. The number of likely N-dealkylation sites (N-methyl/N-ethyl adjacent to an activating group) is 1. The number of hydrogen-bond acceptors (Lipinski definition) is 3. The van der Waals surface area contributed by atoms with Crippen LogP contribution >= 0.6 is 0 Å². The van der Waals surface area contributed by atoms with Crippen LogP contribution in [0.1, 0.15) is 13.8 Å². The number of hydrogen-bond donors (Lipinski definition) is 0. The van der Waals surface area contributed by atoms with Gasteiger partial charge in [-0.25, -0.2) is 0 Å². The molecule has 0 aromatic heterocycles. The van der Waals surface area contributed by atoms with Crippen LogP contribution in [-0.4, -0.2) is 37.6 Å². The van der Waals surface area contributed by atoms with Crippen molar-refractivity contribution >= 4 is 5.97 Å². The van der Waals surface area contributed by atoms with E-state index in [0.29, 0.717) is 13.2 Å². The molecule has 0 bridgehead atoms. The normalized spacial score (nSPS) is 10.0. The summed E-state index contributed by atoms with van der Waals surface area (Å²) in [4.78, 5) is 12.6. The van der Waals surface area contributed by atoms with Crippen LogP contribution < -0.4 is 0 Å². The van der Waals surface area contributed by atoms with E-state index in [9.17, 15) is 4.79 Å². The Kier molecular flexibility index (Phi) is 4.94. The summed E-state index contributed by atoms with van der Waals surface area (Å²) >= 11 is 0. The van der Waals surface area contributed by atoms with Gasteiger partial charge in [0.25, 0.3) is 0 Å². The van der Waals surface area contributed by atoms with Gasteiger partial charge in [-0.1, -0.05) is 6.92 Å². The minimum atomic E-state index is -0.146. The molecule has 0 heterocycles. The number of ether oxygens (including phenoxy) is 1. The van der Waals surface area contributed by atoms with E-state index >= 15 is 0 Å². The Morgan fingerprint density at radius 1 is 1.50 bits per heavy atom. The van der Waals surface area contributed by atoms with Crippen molar-refractivity contribution in [3.63, 3.8) is 0 Å². The third-order valence-electron chi connectivity index (χ3n) is 1.24. The second kappa shape index (κ2) is 5.23. The largest absolute Gasteiger partial charge is 0.465 e. The Morgan fingerprint density at radius 3 is 2.50 bits per heavy atom. The standard InChI is InChI=1S/C7H15NO2/c1-4-8(3)6-7(9)10-5-2/h4-6H2,1-3H3. The zero-order chi connectivity index (χ0) is 7.98. The van der Waals surface area contributed by atoms with Gasteiger partial charge in [0, 0.05) is 0 Å². The van der Waals surface area contributed by atoms with E-state index in [4.69, 9.17) is 4.74 Å². The summed E-state index contributed by atoms with van der Waals surface area (Å²) in [5.74, 6) is -0.146. The highest BCUT2D eigenvalue weighted by molar-refractivity contribution is 5.71. The predicted molar refractivity (Wildman–Crippen MR) is 39.8 cm³/mol. The fraction of sp³-hybridized carbons (Fsp3) is 0.857. The van der Waals surface area contributed by atoms with Gasteiger partial charge in [-0.3, -0.25) is 9.69 Å². The zero-order valence-corrected chi connectivity index (χ0v) is 6.89. The van der Waals surface area contributed by atoms with Gasteiger partial charge in [-0.05, 0) is 20.5 Å². The summed E-state index contributed by atoms with van der Waals surface area (Å²) in [6, 6.07) is 0. The second-order valence-corrected chi connectivity index (χ2v) is 2.14. The molecule has 0 aromatic rings.